The largest absolute Gasteiger partial charge is 0.346 e. The second-order valence-electron chi connectivity index (χ2n) is 2.25. The molecule has 1 aromatic rings. The molecule has 0 aliphatic rings. The molecule has 0 bridgehead atoms. The lowest BCUT2D eigenvalue weighted by Crippen LogP contribution is -2.28. The van der Waals surface area contributed by atoms with Crippen LogP contribution in [0.4, 0.5) is 8.78 Å². The number of amides is 1. The van der Waals surface area contributed by atoms with Crippen molar-refractivity contribution in [3.8, 4) is 0 Å². The van der Waals surface area contributed by atoms with Crippen LogP contribution < -0.4 is 5.32 Å². The van der Waals surface area contributed by atoms with E-state index in [0.29, 0.717) is 0 Å². The maximum Gasteiger partial charge on any atom is 0.315 e. The Morgan fingerprint density at radius 2 is 2.38 bits per heavy atom. The molecule has 6 heteroatoms. The minimum Gasteiger partial charge on any atom is -0.346 e. The number of carbonyl (C=O) groups excluding carboxylic acids is 1. The van der Waals surface area contributed by atoms with Crippen LogP contribution in [0.5, 0.6) is 0 Å². The van der Waals surface area contributed by atoms with Gasteiger partial charge in [0, 0.05) is 14.7 Å². The van der Waals surface area contributed by atoms with Gasteiger partial charge in [-0.25, -0.2) is 0 Å². The number of hydrogen-bond donors (Lipinski definition) is 1. The number of hydrogen-bond acceptors (Lipinski definition) is 2. The second kappa shape index (κ2) is 4.66. The van der Waals surface area contributed by atoms with Gasteiger partial charge in [-0.05, 0) is 22.0 Å². The molecule has 72 valence electrons. The van der Waals surface area contributed by atoms with Crippen LogP contribution in [0.15, 0.2) is 15.9 Å². The third-order valence-electron chi connectivity index (χ3n) is 1.26. The van der Waals surface area contributed by atoms with E-state index in [1.807, 2.05) is 5.38 Å². The summed E-state index contributed by atoms with van der Waals surface area (Å²) in [6.07, 6.45) is -2.94. The van der Waals surface area contributed by atoms with E-state index in [1.54, 1.807) is 6.07 Å². The molecule has 0 aliphatic heterocycles. The van der Waals surface area contributed by atoms with Crippen LogP contribution >= 0.6 is 27.3 Å². The van der Waals surface area contributed by atoms with E-state index in [4.69, 9.17) is 0 Å². The topological polar surface area (TPSA) is 29.1 Å². The Labute approximate surface area is 86.1 Å². The first-order chi connectivity index (χ1) is 6.09. The lowest BCUT2D eigenvalue weighted by atomic mass is 10.4. The molecule has 0 aliphatic carbocycles. The van der Waals surface area contributed by atoms with Gasteiger partial charge in [0.05, 0.1) is 6.54 Å². The summed E-state index contributed by atoms with van der Waals surface area (Å²) in [7, 11) is 0. The van der Waals surface area contributed by atoms with Crippen molar-refractivity contribution in [1.82, 2.24) is 5.32 Å². The Morgan fingerprint density at radius 1 is 1.69 bits per heavy atom. The van der Waals surface area contributed by atoms with Crippen molar-refractivity contribution in [2.75, 3.05) is 0 Å². The fourth-order valence-corrected chi connectivity index (χ4v) is 2.09. The van der Waals surface area contributed by atoms with Crippen LogP contribution in [0.3, 0.4) is 0 Å². The maximum atomic E-state index is 11.7. The Bertz CT molecular complexity index is 302. The van der Waals surface area contributed by atoms with Crippen molar-refractivity contribution < 1.29 is 13.6 Å². The normalized spacial score (nSPS) is 10.5. The molecule has 0 radical (unpaired) electrons. The zero-order valence-corrected chi connectivity index (χ0v) is 8.79. The van der Waals surface area contributed by atoms with E-state index in [9.17, 15) is 13.6 Å². The van der Waals surface area contributed by atoms with Crippen LogP contribution in [-0.4, -0.2) is 12.3 Å². The van der Waals surface area contributed by atoms with E-state index in [2.05, 4.69) is 21.2 Å². The van der Waals surface area contributed by atoms with Gasteiger partial charge in [-0.1, -0.05) is 0 Å². The molecule has 1 heterocycles. The summed E-state index contributed by atoms with van der Waals surface area (Å²) in [6, 6.07) is 1.77. The summed E-state index contributed by atoms with van der Waals surface area (Å²) in [4.78, 5) is 11.3. The summed E-state index contributed by atoms with van der Waals surface area (Å²) in [5.41, 5.74) is 0. The van der Waals surface area contributed by atoms with Crippen molar-refractivity contribution in [3.63, 3.8) is 0 Å². The maximum absolute atomic E-state index is 11.7. The lowest BCUT2D eigenvalue weighted by molar-refractivity contribution is -0.131. The van der Waals surface area contributed by atoms with E-state index in [0.717, 1.165) is 9.35 Å². The Kier molecular flexibility index (Phi) is 3.80. The molecule has 0 unspecified atom stereocenters. The van der Waals surface area contributed by atoms with Crippen molar-refractivity contribution >= 4 is 33.2 Å². The van der Waals surface area contributed by atoms with Gasteiger partial charge in [-0.2, -0.15) is 8.78 Å². The number of thiophene rings is 1. The van der Waals surface area contributed by atoms with Gasteiger partial charge in [0.1, 0.15) is 0 Å². The molecule has 1 N–H and O–H groups in total. The van der Waals surface area contributed by atoms with Crippen LogP contribution in [0.25, 0.3) is 0 Å². The Hall–Kier alpha value is -0.490. The zero-order valence-electron chi connectivity index (χ0n) is 6.39. The summed E-state index contributed by atoms with van der Waals surface area (Å²) < 4.78 is 24.3. The highest BCUT2D eigenvalue weighted by Crippen LogP contribution is 2.19. The van der Waals surface area contributed by atoms with E-state index in [-0.39, 0.29) is 6.54 Å². The minimum absolute atomic E-state index is 0.152. The Balaban J connectivity index is 2.39. The minimum atomic E-state index is -2.94. The predicted octanol–water partition coefficient (Wildman–Crippen LogP) is 2.39. The average Bonchev–Trinajstić information content (AvgIpc) is 2.47. The van der Waals surface area contributed by atoms with Gasteiger partial charge in [0.15, 0.2) is 0 Å². The number of rotatable bonds is 3. The smallest absolute Gasteiger partial charge is 0.315 e. The van der Waals surface area contributed by atoms with Crippen molar-refractivity contribution in [1.29, 1.82) is 0 Å². The highest BCUT2D eigenvalue weighted by molar-refractivity contribution is 9.10. The molecule has 1 rings (SSSR count). The summed E-state index contributed by atoms with van der Waals surface area (Å²) in [6.45, 7) is 0.152. The van der Waals surface area contributed by atoms with E-state index < -0.39 is 12.3 Å². The molecule has 2 nitrogen and oxygen atoms in total. The molecule has 0 fully saturated rings. The molecule has 0 spiro atoms. The number of carbonyl (C=O) groups is 1. The third kappa shape index (κ3) is 3.40. The first kappa shape index (κ1) is 10.6. The molecular formula is C7H6BrF2NOS. The molecule has 0 saturated carbocycles. The van der Waals surface area contributed by atoms with Crippen molar-refractivity contribution in [3.05, 3.63) is 20.8 Å². The van der Waals surface area contributed by atoms with Gasteiger partial charge in [0.25, 0.3) is 5.91 Å². The monoisotopic (exact) mass is 269 g/mol. The Morgan fingerprint density at radius 3 is 2.85 bits per heavy atom. The summed E-state index contributed by atoms with van der Waals surface area (Å²) in [5, 5.41) is 3.94. The fourth-order valence-electron chi connectivity index (χ4n) is 0.698. The average molecular weight is 270 g/mol. The molecule has 1 aromatic heterocycles. The first-order valence-corrected chi connectivity index (χ1v) is 5.05. The molecule has 0 atom stereocenters. The molecular weight excluding hydrogens is 264 g/mol. The van der Waals surface area contributed by atoms with Gasteiger partial charge >= 0.3 is 6.43 Å². The van der Waals surface area contributed by atoms with Crippen molar-refractivity contribution in [2.45, 2.75) is 13.0 Å². The summed E-state index contributed by atoms with van der Waals surface area (Å²) >= 11 is 4.61. The molecule has 13 heavy (non-hydrogen) atoms. The second-order valence-corrected chi connectivity index (χ2v) is 4.16. The zero-order chi connectivity index (χ0) is 9.84. The number of alkyl halides is 2. The van der Waals surface area contributed by atoms with Crippen molar-refractivity contribution in [2.24, 2.45) is 0 Å². The van der Waals surface area contributed by atoms with E-state index >= 15 is 0 Å². The highest BCUT2D eigenvalue weighted by Gasteiger charge is 2.14. The summed E-state index contributed by atoms with van der Waals surface area (Å²) in [5.74, 6) is -1.23. The third-order valence-corrected chi connectivity index (χ3v) is 2.95. The number of nitrogens with one attached hydrogen (secondary N) is 1. The van der Waals surface area contributed by atoms with Gasteiger partial charge in [-0.3, -0.25) is 4.79 Å². The van der Waals surface area contributed by atoms with E-state index in [1.165, 1.54) is 11.3 Å². The predicted molar refractivity (Wildman–Crippen MR) is 49.9 cm³/mol. The molecule has 0 aromatic carbocycles. The van der Waals surface area contributed by atoms with Crippen LogP contribution in [0.2, 0.25) is 0 Å². The molecule has 0 saturated heterocycles. The van der Waals surface area contributed by atoms with Crippen LogP contribution in [0, 0.1) is 0 Å². The quantitative estimate of drug-likeness (QED) is 0.897. The first-order valence-electron chi connectivity index (χ1n) is 3.38. The highest BCUT2D eigenvalue weighted by atomic mass is 79.9. The lowest BCUT2D eigenvalue weighted by Gasteiger charge is -2.00. The van der Waals surface area contributed by atoms with Gasteiger partial charge in [-0.15, -0.1) is 11.3 Å². The van der Waals surface area contributed by atoms with Crippen LogP contribution in [0.1, 0.15) is 4.88 Å². The van der Waals surface area contributed by atoms with Gasteiger partial charge in [0.2, 0.25) is 0 Å². The fraction of sp³-hybridized carbons (Fsp3) is 0.286. The van der Waals surface area contributed by atoms with Gasteiger partial charge < -0.3 is 5.32 Å². The SMILES string of the molecule is O=C(NCc1cc(Br)cs1)C(F)F. The molecule has 1 amide bonds. The number of halogens is 3. The van der Waals surface area contributed by atoms with Crippen LogP contribution in [-0.2, 0) is 11.3 Å². The standard InChI is InChI=1S/C7H6BrF2NOS/c8-4-1-5(13-3-4)2-11-7(12)6(9)10/h1,3,6H,2H2,(H,11,12).